The van der Waals surface area contributed by atoms with Crippen molar-refractivity contribution >= 4 is 18.3 Å². The number of carbonyl (C=O) groups excluding carboxylic acids is 1. The van der Waals surface area contributed by atoms with Crippen LogP contribution in [0.25, 0.3) is 0 Å². The van der Waals surface area contributed by atoms with Gasteiger partial charge in [0.05, 0.1) is 0 Å². The third kappa shape index (κ3) is 4.28. The van der Waals surface area contributed by atoms with Crippen LogP contribution < -0.4 is 10.5 Å². The van der Waals surface area contributed by atoms with E-state index in [1.165, 1.54) is 12.1 Å². The van der Waals surface area contributed by atoms with E-state index in [2.05, 4.69) is 4.74 Å². The number of alkyl halides is 3. The maximum atomic E-state index is 12.0. The number of rotatable bonds is 2. The van der Waals surface area contributed by atoms with E-state index in [0.717, 1.165) is 18.6 Å². The highest BCUT2D eigenvalue weighted by molar-refractivity contribution is 5.94. The van der Waals surface area contributed by atoms with Crippen molar-refractivity contribution in [3.8, 4) is 5.75 Å². The van der Waals surface area contributed by atoms with Crippen LogP contribution in [0, 0.1) is 0 Å². The summed E-state index contributed by atoms with van der Waals surface area (Å²) in [7, 11) is 0. The van der Waals surface area contributed by atoms with E-state index in [-0.39, 0.29) is 30.1 Å². The first-order valence-electron chi connectivity index (χ1n) is 5.76. The maximum absolute atomic E-state index is 12.0. The number of hydrogen-bond acceptors (Lipinski definition) is 3. The molecule has 1 heterocycles. The van der Waals surface area contributed by atoms with Crippen LogP contribution in [0.1, 0.15) is 16.8 Å². The first-order valence-corrected chi connectivity index (χ1v) is 5.76. The molecule has 1 fully saturated rings. The van der Waals surface area contributed by atoms with Crippen LogP contribution in [0.2, 0.25) is 0 Å². The number of ether oxygens (including phenoxy) is 1. The molecule has 0 aromatic heterocycles. The molecule has 1 amide bonds. The van der Waals surface area contributed by atoms with Crippen molar-refractivity contribution in [2.24, 2.45) is 5.73 Å². The zero-order valence-electron chi connectivity index (χ0n) is 10.4. The highest BCUT2D eigenvalue weighted by Crippen LogP contribution is 2.23. The molecule has 2 N–H and O–H groups in total. The summed E-state index contributed by atoms with van der Waals surface area (Å²) in [5.74, 6) is -0.575. The van der Waals surface area contributed by atoms with Gasteiger partial charge in [-0.15, -0.1) is 25.6 Å². The van der Waals surface area contributed by atoms with Gasteiger partial charge >= 0.3 is 6.36 Å². The lowest BCUT2D eigenvalue weighted by Crippen LogP contribution is -2.31. The van der Waals surface area contributed by atoms with Crippen molar-refractivity contribution in [1.29, 1.82) is 0 Å². The Balaban J connectivity index is 0.00000200. The molecule has 20 heavy (non-hydrogen) atoms. The number of halogens is 4. The molecule has 0 bridgehead atoms. The van der Waals surface area contributed by atoms with E-state index in [0.29, 0.717) is 18.7 Å². The molecule has 0 radical (unpaired) electrons. The van der Waals surface area contributed by atoms with Gasteiger partial charge in [0.25, 0.3) is 5.91 Å². The third-order valence-electron chi connectivity index (χ3n) is 2.85. The van der Waals surface area contributed by atoms with E-state index < -0.39 is 6.36 Å². The van der Waals surface area contributed by atoms with Crippen LogP contribution in [0.4, 0.5) is 13.2 Å². The second-order valence-corrected chi connectivity index (χ2v) is 4.37. The summed E-state index contributed by atoms with van der Waals surface area (Å²) in [4.78, 5) is 13.6. The molecular weight excluding hydrogens is 297 g/mol. The van der Waals surface area contributed by atoms with Gasteiger partial charge in [-0.05, 0) is 30.7 Å². The summed E-state index contributed by atoms with van der Waals surface area (Å²) in [6, 6.07) is 4.84. The average molecular weight is 311 g/mol. The van der Waals surface area contributed by atoms with Crippen LogP contribution in [0.15, 0.2) is 24.3 Å². The van der Waals surface area contributed by atoms with Crippen LogP contribution in [0.5, 0.6) is 5.75 Å². The molecule has 1 atom stereocenters. The summed E-state index contributed by atoms with van der Waals surface area (Å²) in [6.45, 7) is 1.04. The molecule has 1 aliphatic rings. The Hall–Kier alpha value is -1.47. The Bertz CT molecular complexity index is 465. The quantitative estimate of drug-likeness (QED) is 0.911. The van der Waals surface area contributed by atoms with Gasteiger partial charge in [-0.1, -0.05) is 0 Å². The van der Waals surface area contributed by atoms with Gasteiger partial charge in [-0.2, -0.15) is 0 Å². The highest BCUT2D eigenvalue weighted by atomic mass is 35.5. The smallest absolute Gasteiger partial charge is 0.406 e. The Morgan fingerprint density at radius 3 is 2.35 bits per heavy atom. The minimum absolute atomic E-state index is 0. The second-order valence-electron chi connectivity index (χ2n) is 4.37. The van der Waals surface area contributed by atoms with Gasteiger partial charge in [0.15, 0.2) is 0 Å². The number of nitrogens with zero attached hydrogens (tertiary/aromatic N) is 1. The Kier molecular flexibility index (Phi) is 5.24. The molecule has 0 saturated carbocycles. The van der Waals surface area contributed by atoms with Gasteiger partial charge in [0, 0.05) is 24.7 Å². The SMILES string of the molecule is Cl.NC1CCN(C(=O)c2ccc(OC(F)(F)F)cc2)C1. The molecule has 0 spiro atoms. The summed E-state index contributed by atoms with van der Waals surface area (Å²) >= 11 is 0. The Labute approximate surface area is 120 Å². The van der Waals surface area contributed by atoms with E-state index >= 15 is 0 Å². The largest absolute Gasteiger partial charge is 0.573 e. The summed E-state index contributed by atoms with van der Waals surface area (Å²) in [5, 5.41) is 0. The predicted octanol–water partition coefficient (Wildman–Crippen LogP) is 2.18. The molecule has 1 aromatic rings. The zero-order chi connectivity index (χ0) is 14.0. The summed E-state index contributed by atoms with van der Waals surface area (Å²) in [6.07, 6.45) is -3.99. The molecular formula is C12H14ClF3N2O2. The molecule has 1 unspecified atom stereocenters. The molecule has 1 aliphatic heterocycles. The fraction of sp³-hybridized carbons (Fsp3) is 0.417. The monoisotopic (exact) mass is 310 g/mol. The highest BCUT2D eigenvalue weighted by Gasteiger charge is 2.31. The predicted molar refractivity (Wildman–Crippen MR) is 68.9 cm³/mol. The van der Waals surface area contributed by atoms with E-state index in [9.17, 15) is 18.0 Å². The van der Waals surface area contributed by atoms with Crippen LogP contribution in [0.3, 0.4) is 0 Å². The van der Waals surface area contributed by atoms with Gasteiger partial charge in [-0.25, -0.2) is 0 Å². The second kappa shape index (κ2) is 6.32. The van der Waals surface area contributed by atoms with Gasteiger partial charge in [-0.3, -0.25) is 4.79 Å². The molecule has 4 nitrogen and oxygen atoms in total. The van der Waals surface area contributed by atoms with Gasteiger partial charge < -0.3 is 15.4 Å². The standard InChI is InChI=1S/C12H13F3N2O2.ClH/c13-12(14,15)19-10-3-1-8(2-4-10)11(18)17-6-5-9(16)7-17;/h1-4,9H,5-7,16H2;1H. The lowest BCUT2D eigenvalue weighted by Gasteiger charge is -2.16. The fourth-order valence-electron chi connectivity index (χ4n) is 1.95. The number of carbonyl (C=O) groups is 1. The topological polar surface area (TPSA) is 55.6 Å². The number of nitrogens with two attached hydrogens (primary N) is 1. The van der Waals surface area contributed by atoms with E-state index in [1.807, 2.05) is 0 Å². The van der Waals surface area contributed by atoms with Crippen molar-refractivity contribution in [2.45, 2.75) is 18.8 Å². The van der Waals surface area contributed by atoms with Crippen LogP contribution in [-0.2, 0) is 0 Å². The van der Waals surface area contributed by atoms with Crippen molar-refractivity contribution in [2.75, 3.05) is 13.1 Å². The molecule has 2 rings (SSSR count). The van der Waals surface area contributed by atoms with Crippen molar-refractivity contribution < 1.29 is 22.7 Å². The minimum Gasteiger partial charge on any atom is -0.406 e. The first-order chi connectivity index (χ1) is 8.85. The number of amides is 1. The van der Waals surface area contributed by atoms with Crippen LogP contribution >= 0.6 is 12.4 Å². The summed E-state index contributed by atoms with van der Waals surface area (Å²) in [5.41, 5.74) is 6.02. The van der Waals surface area contributed by atoms with Crippen LogP contribution in [-0.4, -0.2) is 36.3 Å². The number of likely N-dealkylation sites (tertiary alicyclic amines) is 1. The van der Waals surface area contributed by atoms with Gasteiger partial charge in [0.2, 0.25) is 0 Å². The molecule has 1 saturated heterocycles. The first kappa shape index (κ1) is 16.6. The lowest BCUT2D eigenvalue weighted by atomic mass is 10.2. The number of benzene rings is 1. The van der Waals surface area contributed by atoms with E-state index in [1.54, 1.807) is 4.90 Å². The van der Waals surface area contributed by atoms with Crippen molar-refractivity contribution in [3.63, 3.8) is 0 Å². The van der Waals surface area contributed by atoms with E-state index in [4.69, 9.17) is 5.73 Å². The van der Waals surface area contributed by atoms with Crippen molar-refractivity contribution in [3.05, 3.63) is 29.8 Å². The molecule has 8 heteroatoms. The normalized spacial score (nSPS) is 18.6. The summed E-state index contributed by atoms with van der Waals surface area (Å²) < 4.78 is 39.7. The third-order valence-corrected chi connectivity index (χ3v) is 2.85. The van der Waals surface area contributed by atoms with Crippen molar-refractivity contribution in [1.82, 2.24) is 4.90 Å². The Morgan fingerprint density at radius 1 is 1.30 bits per heavy atom. The fourth-order valence-corrected chi connectivity index (χ4v) is 1.95. The van der Waals surface area contributed by atoms with Gasteiger partial charge in [0.1, 0.15) is 5.75 Å². The maximum Gasteiger partial charge on any atom is 0.573 e. The zero-order valence-corrected chi connectivity index (χ0v) is 11.2. The molecule has 112 valence electrons. The molecule has 0 aliphatic carbocycles. The Morgan fingerprint density at radius 2 is 1.90 bits per heavy atom. The molecule has 1 aromatic carbocycles. The minimum atomic E-state index is -4.73. The lowest BCUT2D eigenvalue weighted by molar-refractivity contribution is -0.274. The number of hydrogen-bond donors (Lipinski definition) is 1. The average Bonchev–Trinajstić information content (AvgIpc) is 2.74.